The second kappa shape index (κ2) is 9.22. The van der Waals surface area contributed by atoms with Crippen molar-refractivity contribution in [3.05, 3.63) is 82.7 Å². The Labute approximate surface area is 184 Å². The summed E-state index contributed by atoms with van der Waals surface area (Å²) in [4.78, 5) is 12.1. The number of nitrogens with zero attached hydrogens (tertiary/aromatic N) is 3. The quantitative estimate of drug-likeness (QED) is 0.219. The number of allylic oxidation sites excluding steroid dienone is 1. The molecule has 0 aliphatic heterocycles. The van der Waals surface area contributed by atoms with Gasteiger partial charge in [0.1, 0.15) is 11.3 Å². The molecule has 0 fully saturated rings. The summed E-state index contributed by atoms with van der Waals surface area (Å²) in [5.74, 6) is 2.12. The zero-order valence-corrected chi connectivity index (χ0v) is 18.3. The molecule has 0 saturated heterocycles. The normalized spacial score (nSPS) is 11.0. The van der Waals surface area contributed by atoms with Crippen LogP contribution in [0.5, 0.6) is 5.75 Å². The molecule has 0 aliphatic rings. The van der Waals surface area contributed by atoms with Gasteiger partial charge in [0.15, 0.2) is 11.0 Å². The van der Waals surface area contributed by atoms with Crippen LogP contribution in [0, 0.1) is 0 Å². The third-order valence-electron chi connectivity index (χ3n) is 5.04. The number of aryl methyl sites for hydroxylation is 1. The highest BCUT2D eigenvalue weighted by Gasteiger charge is 2.15. The molecule has 158 valence electrons. The van der Waals surface area contributed by atoms with Crippen LogP contribution in [0.2, 0.25) is 0 Å². The van der Waals surface area contributed by atoms with Gasteiger partial charge in [-0.2, -0.15) is 0 Å². The molecular formula is C24H23N3O3S. The first kappa shape index (κ1) is 20.9. The van der Waals surface area contributed by atoms with Crippen molar-refractivity contribution in [3.63, 3.8) is 0 Å². The van der Waals surface area contributed by atoms with E-state index in [-0.39, 0.29) is 5.63 Å². The predicted molar refractivity (Wildman–Crippen MR) is 124 cm³/mol. The van der Waals surface area contributed by atoms with E-state index in [1.54, 1.807) is 13.2 Å². The molecule has 0 radical (unpaired) electrons. The molecule has 2 heterocycles. The average Bonchev–Trinajstić information content (AvgIpc) is 3.19. The van der Waals surface area contributed by atoms with Gasteiger partial charge >= 0.3 is 5.63 Å². The minimum atomic E-state index is -0.345. The molecule has 0 spiro atoms. The number of hydrogen-bond acceptors (Lipinski definition) is 6. The summed E-state index contributed by atoms with van der Waals surface area (Å²) in [5.41, 5.74) is 3.27. The Hall–Kier alpha value is -3.32. The monoisotopic (exact) mass is 433 g/mol. The van der Waals surface area contributed by atoms with E-state index in [1.165, 1.54) is 11.8 Å². The van der Waals surface area contributed by atoms with E-state index in [4.69, 9.17) is 9.15 Å². The van der Waals surface area contributed by atoms with Gasteiger partial charge < -0.3 is 9.15 Å². The first-order chi connectivity index (χ1) is 15.1. The Bertz CT molecular complexity index is 1280. The molecule has 7 heteroatoms. The van der Waals surface area contributed by atoms with Gasteiger partial charge in [-0.05, 0) is 47.9 Å². The van der Waals surface area contributed by atoms with Crippen molar-refractivity contribution in [2.75, 3.05) is 7.11 Å². The second-order valence-corrected chi connectivity index (χ2v) is 7.94. The van der Waals surface area contributed by atoms with Crippen LogP contribution >= 0.6 is 11.8 Å². The fourth-order valence-corrected chi connectivity index (χ4v) is 4.34. The van der Waals surface area contributed by atoms with E-state index in [1.807, 2.05) is 47.0 Å². The van der Waals surface area contributed by atoms with Crippen molar-refractivity contribution in [1.82, 2.24) is 14.8 Å². The van der Waals surface area contributed by atoms with E-state index in [9.17, 15) is 4.79 Å². The van der Waals surface area contributed by atoms with Gasteiger partial charge in [-0.15, -0.1) is 16.8 Å². The third kappa shape index (κ3) is 4.41. The summed E-state index contributed by atoms with van der Waals surface area (Å²) in [7, 11) is 1.64. The summed E-state index contributed by atoms with van der Waals surface area (Å²) < 4.78 is 12.7. The Morgan fingerprint density at radius 1 is 1.16 bits per heavy atom. The number of methoxy groups -OCH3 is 1. The number of aromatic nitrogens is 3. The van der Waals surface area contributed by atoms with Crippen LogP contribution in [0.1, 0.15) is 18.1 Å². The molecule has 6 nitrogen and oxygen atoms in total. The first-order valence-corrected chi connectivity index (χ1v) is 11.0. The predicted octanol–water partition coefficient (Wildman–Crippen LogP) is 5.10. The van der Waals surface area contributed by atoms with Gasteiger partial charge in [-0.25, -0.2) is 4.79 Å². The molecule has 4 aromatic rings. The molecule has 0 bridgehead atoms. The molecule has 0 saturated carbocycles. The van der Waals surface area contributed by atoms with Crippen molar-refractivity contribution in [1.29, 1.82) is 0 Å². The molecule has 0 N–H and O–H groups in total. The lowest BCUT2D eigenvalue weighted by Crippen LogP contribution is -2.02. The number of fused-ring (bicyclic) bond motifs is 1. The minimum Gasteiger partial charge on any atom is -0.497 e. The minimum absolute atomic E-state index is 0.345. The topological polar surface area (TPSA) is 70.2 Å². The Morgan fingerprint density at radius 2 is 1.97 bits per heavy atom. The van der Waals surface area contributed by atoms with Crippen LogP contribution in [0.3, 0.4) is 0 Å². The van der Waals surface area contributed by atoms with E-state index < -0.39 is 0 Å². The lowest BCUT2D eigenvalue weighted by atomic mass is 10.1. The van der Waals surface area contributed by atoms with Crippen molar-refractivity contribution < 1.29 is 9.15 Å². The highest BCUT2D eigenvalue weighted by molar-refractivity contribution is 7.98. The summed E-state index contributed by atoms with van der Waals surface area (Å²) >= 11 is 1.53. The SMILES string of the molecule is C=CCn1c(SCc2cc(=O)oc3cc(CC)ccc23)nnc1-c1ccc(OC)cc1. The maximum absolute atomic E-state index is 12.1. The van der Waals surface area contributed by atoms with Crippen LogP contribution in [0.4, 0.5) is 0 Å². The molecule has 4 rings (SSSR count). The Kier molecular flexibility index (Phi) is 6.23. The molecule has 2 aromatic carbocycles. The van der Waals surface area contributed by atoms with Crippen LogP contribution < -0.4 is 10.4 Å². The summed E-state index contributed by atoms with van der Waals surface area (Å²) in [6.45, 7) is 6.52. The number of ether oxygens (including phenoxy) is 1. The Morgan fingerprint density at radius 3 is 2.68 bits per heavy atom. The largest absolute Gasteiger partial charge is 0.497 e. The molecule has 31 heavy (non-hydrogen) atoms. The van der Waals surface area contributed by atoms with Crippen molar-refractivity contribution >= 4 is 22.7 Å². The van der Waals surface area contributed by atoms with Crippen molar-refractivity contribution in [2.24, 2.45) is 0 Å². The van der Waals surface area contributed by atoms with Crippen molar-refractivity contribution in [3.8, 4) is 17.1 Å². The zero-order valence-electron chi connectivity index (χ0n) is 17.5. The maximum atomic E-state index is 12.1. The van der Waals surface area contributed by atoms with Crippen LogP contribution in [0.15, 0.2) is 75.6 Å². The highest BCUT2D eigenvalue weighted by atomic mass is 32.2. The molecule has 0 amide bonds. The number of thioether (sulfide) groups is 1. The summed E-state index contributed by atoms with van der Waals surface area (Å²) in [6, 6.07) is 15.3. The van der Waals surface area contributed by atoms with Gasteiger partial charge in [0, 0.05) is 29.3 Å². The van der Waals surface area contributed by atoms with Gasteiger partial charge in [0.2, 0.25) is 0 Å². The molecule has 0 unspecified atom stereocenters. The van der Waals surface area contributed by atoms with Crippen LogP contribution in [0.25, 0.3) is 22.4 Å². The molecular weight excluding hydrogens is 410 g/mol. The number of benzene rings is 2. The average molecular weight is 434 g/mol. The fourth-order valence-electron chi connectivity index (χ4n) is 3.40. The van der Waals surface area contributed by atoms with E-state index in [2.05, 4.69) is 29.8 Å². The maximum Gasteiger partial charge on any atom is 0.336 e. The van der Waals surface area contributed by atoms with Crippen LogP contribution in [-0.2, 0) is 18.7 Å². The smallest absolute Gasteiger partial charge is 0.336 e. The van der Waals surface area contributed by atoms with E-state index >= 15 is 0 Å². The molecule has 0 aliphatic carbocycles. The van der Waals surface area contributed by atoms with E-state index in [0.29, 0.717) is 17.9 Å². The lowest BCUT2D eigenvalue weighted by Gasteiger charge is -2.09. The summed E-state index contributed by atoms with van der Waals surface area (Å²) in [5, 5.41) is 10.5. The first-order valence-electron chi connectivity index (χ1n) is 10.00. The molecule has 0 atom stereocenters. The standard InChI is InChI=1S/C24H23N3O3S/c1-4-12-27-23(17-7-9-19(29-3)10-8-17)25-26-24(27)31-15-18-14-22(28)30-21-13-16(5-2)6-11-20(18)21/h4,6-11,13-14H,1,5,12,15H2,2-3H3. The lowest BCUT2D eigenvalue weighted by molar-refractivity contribution is 0.415. The van der Waals surface area contributed by atoms with Gasteiger partial charge in [0.25, 0.3) is 0 Å². The number of rotatable bonds is 8. The number of hydrogen-bond donors (Lipinski definition) is 0. The fraction of sp³-hybridized carbons (Fsp3) is 0.208. The molecule has 2 aromatic heterocycles. The zero-order chi connectivity index (χ0) is 21.8. The van der Waals surface area contributed by atoms with Gasteiger partial charge in [0.05, 0.1) is 7.11 Å². The van der Waals surface area contributed by atoms with Gasteiger partial charge in [-0.3, -0.25) is 4.57 Å². The van der Waals surface area contributed by atoms with Gasteiger partial charge in [-0.1, -0.05) is 36.9 Å². The van der Waals surface area contributed by atoms with Crippen LogP contribution in [-0.4, -0.2) is 21.9 Å². The summed E-state index contributed by atoms with van der Waals surface area (Å²) in [6.07, 6.45) is 2.71. The highest BCUT2D eigenvalue weighted by Crippen LogP contribution is 2.29. The van der Waals surface area contributed by atoms with E-state index in [0.717, 1.165) is 45.2 Å². The third-order valence-corrected chi connectivity index (χ3v) is 6.05. The van der Waals surface area contributed by atoms with Crippen molar-refractivity contribution in [2.45, 2.75) is 30.8 Å². The Balaban J connectivity index is 1.65. The second-order valence-electron chi connectivity index (χ2n) is 7.00.